The molecule has 0 saturated carbocycles. The molecule has 2 aromatic carbocycles. The highest BCUT2D eigenvalue weighted by Crippen LogP contribution is 2.28. The molecule has 6 heteroatoms. The molecule has 0 radical (unpaired) electrons. The number of benzene rings is 2. The van der Waals surface area contributed by atoms with Gasteiger partial charge >= 0.3 is 0 Å². The smallest absolute Gasteiger partial charge is 0.184 e. The Hall–Kier alpha value is -1.72. The Bertz CT molecular complexity index is 729. The minimum atomic E-state index is -3.56. The van der Waals surface area contributed by atoms with Crippen LogP contribution in [0, 0.1) is 0 Å². The molecule has 0 amide bonds. The van der Waals surface area contributed by atoms with Gasteiger partial charge in [-0.25, -0.2) is 8.42 Å². The second kappa shape index (κ2) is 5.73. The van der Waals surface area contributed by atoms with Crippen LogP contribution in [0.1, 0.15) is 5.56 Å². The van der Waals surface area contributed by atoms with E-state index in [0.717, 1.165) is 0 Å². The van der Waals surface area contributed by atoms with E-state index in [2.05, 4.69) is 0 Å². The van der Waals surface area contributed by atoms with E-state index in [1.54, 1.807) is 36.4 Å². The van der Waals surface area contributed by atoms with Crippen LogP contribution in [0.25, 0.3) is 0 Å². The van der Waals surface area contributed by atoms with Gasteiger partial charge in [-0.3, -0.25) is 0 Å². The molecule has 0 fully saturated rings. The minimum absolute atomic E-state index is 0.113. The predicted octanol–water partition coefficient (Wildman–Crippen LogP) is 2.90. The Morgan fingerprint density at radius 2 is 1.90 bits per heavy atom. The maximum absolute atomic E-state index is 12.4. The molecule has 2 N–H and O–H groups in total. The van der Waals surface area contributed by atoms with Crippen LogP contribution in [0.5, 0.6) is 5.75 Å². The van der Waals surface area contributed by atoms with Crippen molar-refractivity contribution in [2.45, 2.75) is 10.6 Å². The molecule has 0 aliphatic rings. The molecular formula is C14H14ClNO3S. The third-order valence-electron chi connectivity index (χ3n) is 2.84. The number of anilines is 1. The summed E-state index contributed by atoms with van der Waals surface area (Å²) in [5.41, 5.74) is 6.46. The molecular weight excluding hydrogens is 298 g/mol. The number of hydrogen-bond acceptors (Lipinski definition) is 4. The maximum Gasteiger partial charge on any atom is 0.184 e. The summed E-state index contributed by atoms with van der Waals surface area (Å²) in [6.07, 6.45) is 0. The van der Waals surface area contributed by atoms with Crippen molar-refractivity contribution in [3.8, 4) is 5.75 Å². The summed E-state index contributed by atoms with van der Waals surface area (Å²) in [6, 6.07) is 11.2. The van der Waals surface area contributed by atoms with E-state index in [9.17, 15) is 8.42 Å². The van der Waals surface area contributed by atoms with E-state index < -0.39 is 9.84 Å². The van der Waals surface area contributed by atoms with Crippen LogP contribution < -0.4 is 10.5 Å². The zero-order valence-corrected chi connectivity index (χ0v) is 12.4. The van der Waals surface area contributed by atoms with Crippen LogP contribution in [-0.4, -0.2) is 15.5 Å². The van der Waals surface area contributed by atoms with Crippen molar-refractivity contribution in [1.29, 1.82) is 0 Å². The minimum Gasteiger partial charge on any atom is -0.496 e. The van der Waals surface area contributed by atoms with Gasteiger partial charge in [0.25, 0.3) is 0 Å². The van der Waals surface area contributed by atoms with Crippen LogP contribution in [0.4, 0.5) is 5.69 Å². The van der Waals surface area contributed by atoms with Gasteiger partial charge in [0.15, 0.2) is 9.84 Å². The molecule has 20 heavy (non-hydrogen) atoms. The molecule has 0 spiro atoms. The normalized spacial score (nSPS) is 11.3. The average Bonchev–Trinajstić information content (AvgIpc) is 2.39. The van der Waals surface area contributed by atoms with Gasteiger partial charge in [0, 0.05) is 10.6 Å². The fourth-order valence-electron chi connectivity index (χ4n) is 1.91. The molecule has 0 heterocycles. The van der Waals surface area contributed by atoms with Crippen molar-refractivity contribution >= 4 is 27.1 Å². The fraction of sp³-hybridized carbons (Fsp3) is 0.143. The number of para-hydroxylation sites is 1. The molecule has 0 bridgehead atoms. The van der Waals surface area contributed by atoms with Crippen molar-refractivity contribution < 1.29 is 13.2 Å². The molecule has 0 unspecified atom stereocenters. The first-order valence-electron chi connectivity index (χ1n) is 5.84. The van der Waals surface area contributed by atoms with Gasteiger partial charge in [-0.2, -0.15) is 0 Å². The van der Waals surface area contributed by atoms with Gasteiger partial charge in [0.05, 0.1) is 23.4 Å². The molecule has 4 nitrogen and oxygen atoms in total. The zero-order valence-electron chi connectivity index (χ0n) is 10.8. The Labute approximate surface area is 123 Å². The first-order chi connectivity index (χ1) is 9.44. The molecule has 106 valence electrons. The highest BCUT2D eigenvalue weighted by Gasteiger charge is 2.20. The summed E-state index contributed by atoms with van der Waals surface area (Å²) >= 11 is 5.90. The zero-order chi connectivity index (χ0) is 14.8. The standard InChI is InChI=1S/C14H14ClNO3S/c1-19-13-7-6-11(15)8-10(13)9-20(17,18)14-5-3-2-4-12(14)16/h2-8H,9,16H2,1H3. The van der Waals surface area contributed by atoms with Crippen molar-refractivity contribution in [3.05, 3.63) is 53.1 Å². The quantitative estimate of drug-likeness (QED) is 0.881. The predicted molar refractivity (Wildman–Crippen MR) is 79.7 cm³/mol. The summed E-state index contributed by atoms with van der Waals surface area (Å²) in [6.45, 7) is 0. The summed E-state index contributed by atoms with van der Waals surface area (Å²) in [4.78, 5) is 0.113. The highest BCUT2D eigenvalue weighted by atomic mass is 35.5. The number of sulfone groups is 1. The summed E-state index contributed by atoms with van der Waals surface area (Å²) in [7, 11) is -2.07. The third-order valence-corrected chi connectivity index (χ3v) is 4.81. The third kappa shape index (κ3) is 3.05. The lowest BCUT2D eigenvalue weighted by molar-refractivity contribution is 0.411. The van der Waals surface area contributed by atoms with Crippen molar-refractivity contribution in [2.24, 2.45) is 0 Å². The average molecular weight is 312 g/mol. The second-order valence-electron chi connectivity index (χ2n) is 4.25. The number of halogens is 1. The van der Waals surface area contributed by atoms with E-state index >= 15 is 0 Å². The Kier molecular flexibility index (Phi) is 4.20. The Balaban J connectivity index is 2.44. The summed E-state index contributed by atoms with van der Waals surface area (Å²) < 4.78 is 30.0. The lowest BCUT2D eigenvalue weighted by Gasteiger charge is -2.11. The van der Waals surface area contributed by atoms with Gasteiger partial charge in [0.2, 0.25) is 0 Å². The maximum atomic E-state index is 12.4. The molecule has 0 aliphatic carbocycles. The molecule has 0 aromatic heterocycles. The largest absolute Gasteiger partial charge is 0.496 e. The first kappa shape index (κ1) is 14.7. The lowest BCUT2D eigenvalue weighted by atomic mass is 10.2. The van der Waals surface area contributed by atoms with Gasteiger partial charge in [-0.15, -0.1) is 0 Å². The van der Waals surface area contributed by atoms with Crippen LogP contribution in [0.3, 0.4) is 0 Å². The van der Waals surface area contributed by atoms with Gasteiger partial charge < -0.3 is 10.5 Å². The SMILES string of the molecule is COc1ccc(Cl)cc1CS(=O)(=O)c1ccccc1N. The second-order valence-corrected chi connectivity index (χ2v) is 6.65. The van der Waals surface area contributed by atoms with Crippen molar-refractivity contribution in [1.82, 2.24) is 0 Å². The van der Waals surface area contributed by atoms with E-state index in [1.807, 2.05) is 0 Å². The monoisotopic (exact) mass is 311 g/mol. The van der Waals surface area contributed by atoms with E-state index in [0.29, 0.717) is 16.3 Å². The van der Waals surface area contributed by atoms with Gasteiger partial charge in [0.1, 0.15) is 5.75 Å². The van der Waals surface area contributed by atoms with E-state index in [1.165, 1.54) is 13.2 Å². The summed E-state index contributed by atoms with van der Waals surface area (Å²) in [5, 5.41) is 0.456. The molecule has 0 atom stereocenters. The molecule has 0 saturated heterocycles. The van der Waals surface area contributed by atoms with E-state index in [-0.39, 0.29) is 16.3 Å². The number of ether oxygens (including phenoxy) is 1. The van der Waals surface area contributed by atoms with Gasteiger partial charge in [-0.1, -0.05) is 23.7 Å². The number of nitrogens with two attached hydrogens (primary N) is 1. The molecule has 0 aliphatic heterocycles. The number of rotatable bonds is 4. The topological polar surface area (TPSA) is 69.4 Å². The number of hydrogen-bond donors (Lipinski definition) is 1. The molecule has 2 rings (SSSR count). The molecule has 2 aromatic rings. The van der Waals surface area contributed by atoms with Crippen molar-refractivity contribution in [2.75, 3.05) is 12.8 Å². The van der Waals surface area contributed by atoms with Crippen LogP contribution in [0.15, 0.2) is 47.4 Å². The van der Waals surface area contributed by atoms with Crippen LogP contribution >= 0.6 is 11.6 Å². The fourth-order valence-corrected chi connectivity index (χ4v) is 3.60. The van der Waals surface area contributed by atoms with Gasteiger partial charge in [-0.05, 0) is 30.3 Å². The lowest BCUT2D eigenvalue weighted by Crippen LogP contribution is -2.08. The summed E-state index contributed by atoms with van der Waals surface area (Å²) in [5.74, 6) is 0.262. The van der Waals surface area contributed by atoms with E-state index in [4.69, 9.17) is 22.1 Å². The van der Waals surface area contributed by atoms with Crippen LogP contribution in [-0.2, 0) is 15.6 Å². The number of nitrogen functional groups attached to an aromatic ring is 1. The van der Waals surface area contributed by atoms with Crippen molar-refractivity contribution in [3.63, 3.8) is 0 Å². The Morgan fingerprint density at radius 1 is 1.20 bits per heavy atom. The van der Waals surface area contributed by atoms with Crippen LogP contribution in [0.2, 0.25) is 5.02 Å². The number of methoxy groups -OCH3 is 1. The first-order valence-corrected chi connectivity index (χ1v) is 7.87. The highest BCUT2D eigenvalue weighted by molar-refractivity contribution is 7.90. The Morgan fingerprint density at radius 3 is 2.55 bits per heavy atom.